The van der Waals surface area contributed by atoms with Gasteiger partial charge in [-0.25, -0.2) is 9.50 Å². The highest BCUT2D eigenvalue weighted by molar-refractivity contribution is 9.10. The Hall–Kier alpha value is -0.840. The van der Waals surface area contributed by atoms with E-state index in [1.165, 1.54) is 12.8 Å². The lowest BCUT2D eigenvalue weighted by atomic mass is 10.4. The van der Waals surface area contributed by atoms with Crippen LogP contribution in [0.15, 0.2) is 4.60 Å². The molecule has 0 radical (unpaired) electrons. The number of rotatable bonds is 1. The van der Waals surface area contributed by atoms with Crippen molar-refractivity contribution in [1.82, 2.24) is 19.6 Å². The summed E-state index contributed by atoms with van der Waals surface area (Å²) in [6.07, 6.45) is 2.51. The number of fused-ring (bicyclic) bond motifs is 1. The van der Waals surface area contributed by atoms with E-state index in [9.17, 15) is 0 Å². The van der Waals surface area contributed by atoms with Crippen molar-refractivity contribution in [2.75, 3.05) is 0 Å². The summed E-state index contributed by atoms with van der Waals surface area (Å²) in [6, 6.07) is 0. The second-order valence-corrected chi connectivity index (χ2v) is 4.26. The number of imidazole rings is 1. The second kappa shape index (κ2) is 2.35. The summed E-state index contributed by atoms with van der Waals surface area (Å²) >= 11 is 3.46. The Kier molecular flexibility index (Phi) is 1.36. The molecule has 4 nitrogen and oxygen atoms in total. The van der Waals surface area contributed by atoms with E-state index in [-0.39, 0.29) is 0 Å². The maximum Gasteiger partial charge on any atom is 0.251 e. The van der Waals surface area contributed by atoms with E-state index in [1.54, 1.807) is 0 Å². The molecule has 1 aliphatic carbocycles. The second-order valence-electron chi connectivity index (χ2n) is 3.51. The molecule has 68 valence electrons. The standard InChI is InChI=1S/C8H9BrN4/c1-4-6(9)13-8(10-4)11-7(12-13)5-2-3-5/h5H,2-3H2,1H3,(H,10,11,12). The van der Waals surface area contributed by atoms with Crippen molar-refractivity contribution in [3.8, 4) is 0 Å². The van der Waals surface area contributed by atoms with Crippen LogP contribution in [0.3, 0.4) is 0 Å². The monoisotopic (exact) mass is 240 g/mol. The largest absolute Gasteiger partial charge is 0.277 e. The topological polar surface area (TPSA) is 46.0 Å². The van der Waals surface area contributed by atoms with Gasteiger partial charge in [-0.05, 0) is 35.7 Å². The van der Waals surface area contributed by atoms with E-state index < -0.39 is 0 Å². The van der Waals surface area contributed by atoms with Crippen LogP contribution in [0.4, 0.5) is 0 Å². The minimum atomic E-state index is 0.647. The van der Waals surface area contributed by atoms with Crippen molar-refractivity contribution < 1.29 is 0 Å². The number of aryl methyl sites for hydroxylation is 1. The Bertz CT molecular complexity index is 466. The smallest absolute Gasteiger partial charge is 0.251 e. The number of hydrogen-bond donors (Lipinski definition) is 1. The zero-order chi connectivity index (χ0) is 9.00. The summed E-state index contributed by atoms with van der Waals surface area (Å²) in [4.78, 5) is 8.74. The first-order valence-corrected chi connectivity index (χ1v) is 5.15. The highest BCUT2D eigenvalue weighted by Gasteiger charge is 2.27. The molecule has 1 saturated carbocycles. The molecule has 0 atom stereocenters. The lowest BCUT2D eigenvalue weighted by Crippen LogP contribution is -1.87. The van der Waals surface area contributed by atoms with Gasteiger partial charge >= 0.3 is 0 Å². The van der Waals surface area contributed by atoms with Crippen LogP contribution >= 0.6 is 15.9 Å². The number of halogens is 1. The Labute approximate surface area is 83.5 Å². The number of nitrogens with zero attached hydrogens (tertiary/aromatic N) is 3. The molecule has 5 heteroatoms. The normalized spacial score (nSPS) is 17.1. The predicted octanol–water partition coefficient (Wildman–Crippen LogP) is 2.01. The minimum Gasteiger partial charge on any atom is -0.277 e. The fraction of sp³-hybridized carbons (Fsp3) is 0.500. The number of nitrogens with one attached hydrogen (secondary N) is 1. The van der Waals surface area contributed by atoms with Gasteiger partial charge in [-0.15, -0.1) is 0 Å². The van der Waals surface area contributed by atoms with Gasteiger partial charge in [-0.1, -0.05) is 0 Å². The SMILES string of the molecule is Cc1nc2nc(C3CC3)[nH]n2c1Br. The Balaban J connectivity index is 2.23. The van der Waals surface area contributed by atoms with Crippen molar-refractivity contribution in [3.05, 3.63) is 16.1 Å². The molecule has 0 bridgehead atoms. The van der Waals surface area contributed by atoms with Crippen molar-refractivity contribution >= 4 is 21.7 Å². The molecule has 2 aromatic rings. The molecule has 1 N–H and O–H groups in total. The molecule has 3 rings (SSSR count). The average molecular weight is 241 g/mol. The van der Waals surface area contributed by atoms with Gasteiger partial charge in [0.1, 0.15) is 10.4 Å². The fourth-order valence-corrected chi connectivity index (χ4v) is 1.79. The van der Waals surface area contributed by atoms with Crippen LogP contribution in [-0.2, 0) is 0 Å². The Morgan fingerprint density at radius 1 is 1.46 bits per heavy atom. The third-order valence-electron chi connectivity index (χ3n) is 2.37. The van der Waals surface area contributed by atoms with Gasteiger partial charge in [-0.2, -0.15) is 4.98 Å². The molecular formula is C8H9BrN4. The predicted molar refractivity (Wildman–Crippen MR) is 51.7 cm³/mol. The zero-order valence-electron chi connectivity index (χ0n) is 7.21. The zero-order valence-corrected chi connectivity index (χ0v) is 8.80. The van der Waals surface area contributed by atoms with E-state index in [4.69, 9.17) is 0 Å². The number of aromatic amines is 1. The first-order valence-electron chi connectivity index (χ1n) is 4.36. The third kappa shape index (κ3) is 1.03. The first kappa shape index (κ1) is 7.55. The van der Waals surface area contributed by atoms with E-state index in [2.05, 4.69) is 31.0 Å². The molecule has 0 unspecified atom stereocenters. The number of aromatic nitrogens is 4. The molecule has 0 spiro atoms. The number of hydrogen-bond acceptors (Lipinski definition) is 2. The Morgan fingerprint density at radius 3 is 2.85 bits per heavy atom. The molecule has 0 aliphatic heterocycles. The summed E-state index contributed by atoms with van der Waals surface area (Å²) in [5.74, 6) is 2.49. The van der Waals surface area contributed by atoms with Gasteiger partial charge in [0, 0.05) is 5.92 Å². The molecule has 1 aliphatic rings. The lowest BCUT2D eigenvalue weighted by Gasteiger charge is -1.89. The van der Waals surface area contributed by atoms with Gasteiger partial charge in [0.25, 0.3) is 5.78 Å². The molecule has 0 amide bonds. The van der Waals surface area contributed by atoms with Crippen LogP contribution in [0.25, 0.3) is 5.78 Å². The fourth-order valence-electron chi connectivity index (χ4n) is 1.46. The lowest BCUT2D eigenvalue weighted by molar-refractivity contribution is 0.867. The van der Waals surface area contributed by atoms with Crippen LogP contribution in [0.5, 0.6) is 0 Å². The quantitative estimate of drug-likeness (QED) is 0.829. The summed E-state index contributed by atoms with van der Waals surface area (Å²) in [5, 5.41) is 3.24. The minimum absolute atomic E-state index is 0.647. The molecule has 0 saturated heterocycles. The molecular weight excluding hydrogens is 232 g/mol. The van der Waals surface area contributed by atoms with Gasteiger partial charge in [0.05, 0.1) is 5.69 Å². The van der Waals surface area contributed by atoms with Gasteiger partial charge in [-0.3, -0.25) is 5.10 Å². The van der Waals surface area contributed by atoms with E-state index >= 15 is 0 Å². The van der Waals surface area contributed by atoms with Crippen LogP contribution in [0, 0.1) is 6.92 Å². The van der Waals surface area contributed by atoms with Crippen LogP contribution in [0.1, 0.15) is 30.3 Å². The highest BCUT2D eigenvalue weighted by atomic mass is 79.9. The Morgan fingerprint density at radius 2 is 2.23 bits per heavy atom. The average Bonchev–Trinajstić information content (AvgIpc) is 2.82. The van der Waals surface area contributed by atoms with Gasteiger partial charge in [0.2, 0.25) is 0 Å². The maximum absolute atomic E-state index is 4.42. The van der Waals surface area contributed by atoms with Crippen LogP contribution < -0.4 is 0 Å². The van der Waals surface area contributed by atoms with Crippen LogP contribution in [0.2, 0.25) is 0 Å². The van der Waals surface area contributed by atoms with Gasteiger partial charge < -0.3 is 0 Å². The molecule has 13 heavy (non-hydrogen) atoms. The van der Waals surface area contributed by atoms with Crippen molar-refractivity contribution in [2.45, 2.75) is 25.7 Å². The highest BCUT2D eigenvalue weighted by Crippen LogP contribution is 2.38. The molecule has 0 aromatic carbocycles. The van der Waals surface area contributed by atoms with E-state index in [1.807, 2.05) is 11.4 Å². The van der Waals surface area contributed by atoms with Crippen molar-refractivity contribution in [3.63, 3.8) is 0 Å². The summed E-state index contributed by atoms with van der Waals surface area (Å²) in [7, 11) is 0. The third-order valence-corrected chi connectivity index (χ3v) is 3.30. The van der Waals surface area contributed by atoms with E-state index in [0.717, 1.165) is 21.9 Å². The first-order chi connectivity index (χ1) is 6.25. The maximum atomic E-state index is 4.42. The van der Waals surface area contributed by atoms with E-state index in [0.29, 0.717) is 5.92 Å². The molecule has 1 fully saturated rings. The molecule has 2 aromatic heterocycles. The number of H-pyrrole nitrogens is 1. The molecule has 2 heterocycles. The summed E-state index contributed by atoms with van der Waals surface area (Å²) in [6.45, 7) is 1.96. The van der Waals surface area contributed by atoms with Crippen LogP contribution in [-0.4, -0.2) is 19.6 Å². The summed E-state index contributed by atoms with van der Waals surface area (Å²) in [5.41, 5.74) is 0.973. The van der Waals surface area contributed by atoms with Gasteiger partial charge in [0.15, 0.2) is 0 Å². The summed E-state index contributed by atoms with van der Waals surface area (Å²) < 4.78 is 2.87. The van der Waals surface area contributed by atoms with Crippen molar-refractivity contribution in [1.29, 1.82) is 0 Å². The van der Waals surface area contributed by atoms with Crippen molar-refractivity contribution in [2.24, 2.45) is 0 Å².